The van der Waals surface area contributed by atoms with Gasteiger partial charge in [0.05, 0.1) is 30.5 Å². The first-order valence-electron chi connectivity index (χ1n) is 9.98. The van der Waals surface area contributed by atoms with Gasteiger partial charge in [0.1, 0.15) is 0 Å². The van der Waals surface area contributed by atoms with Gasteiger partial charge in [-0.3, -0.25) is 4.79 Å². The summed E-state index contributed by atoms with van der Waals surface area (Å²) in [5.74, 6) is -0.945. The minimum atomic E-state index is -0.956. The predicted molar refractivity (Wildman–Crippen MR) is 109 cm³/mol. The number of hydrogen-bond acceptors (Lipinski definition) is 5. The maximum absolute atomic E-state index is 10.6. The fraction of sp³-hybridized carbons (Fsp3) is 0.591. The fourth-order valence-corrected chi connectivity index (χ4v) is 2.90. The number of carbonyl (C=O) groups is 1. The molecule has 0 amide bonds. The zero-order chi connectivity index (χ0) is 20.8. The van der Waals surface area contributed by atoms with Gasteiger partial charge in [-0.15, -0.1) is 0 Å². The molecule has 0 aromatic rings. The summed E-state index contributed by atoms with van der Waals surface area (Å²) < 4.78 is 5.56. The van der Waals surface area contributed by atoms with Crippen LogP contribution in [-0.2, 0) is 9.53 Å². The van der Waals surface area contributed by atoms with Crippen LogP contribution in [0.1, 0.15) is 51.9 Å². The molecule has 0 aromatic heterocycles. The molecule has 0 unspecified atom stereocenters. The summed E-state index contributed by atoms with van der Waals surface area (Å²) in [4.78, 5) is 10.6. The molecule has 5 atom stereocenters. The van der Waals surface area contributed by atoms with Crippen molar-refractivity contribution < 1.29 is 30.0 Å². The van der Waals surface area contributed by atoms with Crippen LogP contribution in [0.25, 0.3) is 0 Å². The SMILES string of the molecule is CC/C=C\C/C=C\C/C=C\C[C@H](O)/C=C/[C@H](O)[C@@H]1C[C@H](O)[C@H](CCC(=O)O)O1. The van der Waals surface area contributed by atoms with Crippen LogP contribution < -0.4 is 0 Å². The zero-order valence-corrected chi connectivity index (χ0v) is 16.6. The van der Waals surface area contributed by atoms with E-state index in [0.29, 0.717) is 6.42 Å². The first-order valence-corrected chi connectivity index (χ1v) is 9.98. The Morgan fingerprint density at radius 3 is 2.36 bits per heavy atom. The second kappa shape index (κ2) is 14.3. The van der Waals surface area contributed by atoms with E-state index in [0.717, 1.165) is 19.3 Å². The molecule has 1 aliphatic heterocycles. The van der Waals surface area contributed by atoms with Crippen molar-refractivity contribution in [3.8, 4) is 0 Å². The van der Waals surface area contributed by atoms with Crippen LogP contribution in [0.5, 0.6) is 0 Å². The molecule has 1 rings (SSSR count). The van der Waals surface area contributed by atoms with Gasteiger partial charge in [0.15, 0.2) is 0 Å². The molecule has 4 N–H and O–H groups in total. The number of allylic oxidation sites excluding steroid dienone is 5. The van der Waals surface area contributed by atoms with Gasteiger partial charge in [-0.25, -0.2) is 0 Å². The number of hydrogen-bond donors (Lipinski definition) is 4. The summed E-state index contributed by atoms with van der Waals surface area (Å²) in [7, 11) is 0. The van der Waals surface area contributed by atoms with E-state index in [2.05, 4.69) is 31.2 Å². The van der Waals surface area contributed by atoms with E-state index in [1.54, 1.807) is 0 Å². The molecular weight excluding hydrogens is 360 g/mol. The molecule has 1 aliphatic rings. The van der Waals surface area contributed by atoms with E-state index in [1.807, 2.05) is 12.2 Å². The number of aliphatic hydroxyl groups excluding tert-OH is 3. The molecule has 0 bridgehead atoms. The first-order chi connectivity index (χ1) is 13.4. The van der Waals surface area contributed by atoms with E-state index in [1.165, 1.54) is 12.2 Å². The Labute approximate surface area is 167 Å². The van der Waals surface area contributed by atoms with Crippen LogP contribution in [0, 0.1) is 0 Å². The number of carboxylic acid groups (broad SMARTS) is 1. The second-order valence-corrected chi connectivity index (χ2v) is 6.92. The molecule has 0 saturated carbocycles. The molecule has 6 heteroatoms. The highest BCUT2D eigenvalue weighted by molar-refractivity contribution is 5.66. The third-order valence-corrected chi connectivity index (χ3v) is 4.46. The van der Waals surface area contributed by atoms with Crippen molar-refractivity contribution in [1.29, 1.82) is 0 Å². The molecule has 0 spiro atoms. The summed E-state index contributed by atoms with van der Waals surface area (Å²) in [5.41, 5.74) is 0. The average Bonchev–Trinajstić information content (AvgIpc) is 3.04. The Morgan fingerprint density at radius 2 is 1.71 bits per heavy atom. The molecule has 158 valence electrons. The predicted octanol–water partition coefficient (Wildman–Crippen LogP) is 2.90. The molecule has 28 heavy (non-hydrogen) atoms. The molecule has 1 heterocycles. The van der Waals surface area contributed by atoms with Crippen molar-refractivity contribution in [3.05, 3.63) is 48.6 Å². The van der Waals surface area contributed by atoms with Gasteiger partial charge in [-0.05, 0) is 32.1 Å². The van der Waals surface area contributed by atoms with Crippen molar-refractivity contribution in [2.45, 2.75) is 82.4 Å². The Balaban J connectivity index is 2.28. The number of aliphatic hydroxyl groups is 3. The van der Waals surface area contributed by atoms with Crippen LogP contribution >= 0.6 is 0 Å². The summed E-state index contributed by atoms with van der Waals surface area (Å²) >= 11 is 0. The van der Waals surface area contributed by atoms with E-state index < -0.39 is 36.5 Å². The van der Waals surface area contributed by atoms with Crippen LogP contribution in [-0.4, -0.2) is 56.9 Å². The largest absolute Gasteiger partial charge is 0.481 e. The Morgan fingerprint density at radius 1 is 1.07 bits per heavy atom. The maximum Gasteiger partial charge on any atom is 0.303 e. The third kappa shape index (κ3) is 10.6. The van der Waals surface area contributed by atoms with Crippen LogP contribution in [0.4, 0.5) is 0 Å². The summed E-state index contributed by atoms with van der Waals surface area (Å²) in [5, 5.41) is 38.7. The minimum absolute atomic E-state index is 0.0872. The fourth-order valence-electron chi connectivity index (χ4n) is 2.90. The van der Waals surface area contributed by atoms with Crippen molar-refractivity contribution >= 4 is 5.97 Å². The molecule has 0 radical (unpaired) electrons. The number of carboxylic acids is 1. The zero-order valence-electron chi connectivity index (χ0n) is 16.6. The smallest absolute Gasteiger partial charge is 0.303 e. The topological polar surface area (TPSA) is 107 Å². The monoisotopic (exact) mass is 394 g/mol. The highest BCUT2D eigenvalue weighted by Gasteiger charge is 2.36. The first kappa shape index (κ1) is 24.3. The quantitative estimate of drug-likeness (QED) is 0.358. The third-order valence-electron chi connectivity index (χ3n) is 4.46. The van der Waals surface area contributed by atoms with Gasteiger partial charge in [0, 0.05) is 12.8 Å². The summed E-state index contributed by atoms with van der Waals surface area (Å²) in [6.07, 6.45) is 15.3. The summed E-state index contributed by atoms with van der Waals surface area (Å²) in [6, 6.07) is 0. The standard InChI is InChI=1S/C22H34O6/c1-2-3-4-5-6-7-8-9-10-11-17(23)12-13-18(24)21-16-19(25)20(28-21)14-15-22(26)27/h3-4,6-7,9-10,12-13,17-21,23-25H,2,5,8,11,14-16H2,1H3,(H,26,27)/b4-3-,7-6-,10-9-,13-12+/t17-,18-,19-,20-,21-/m0/s1. The molecule has 6 nitrogen and oxygen atoms in total. The van der Waals surface area contributed by atoms with E-state index in [4.69, 9.17) is 9.84 Å². The number of rotatable bonds is 13. The Hall–Kier alpha value is -1.73. The van der Waals surface area contributed by atoms with Gasteiger partial charge >= 0.3 is 5.97 Å². The molecule has 1 saturated heterocycles. The van der Waals surface area contributed by atoms with Crippen LogP contribution in [0.2, 0.25) is 0 Å². The average molecular weight is 395 g/mol. The van der Waals surface area contributed by atoms with Crippen molar-refractivity contribution in [3.63, 3.8) is 0 Å². The van der Waals surface area contributed by atoms with Crippen molar-refractivity contribution in [1.82, 2.24) is 0 Å². The van der Waals surface area contributed by atoms with E-state index in [9.17, 15) is 20.1 Å². The lowest BCUT2D eigenvalue weighted by Crippen LogP contribution is -2.25. The second-order valence-electron chi connectivity index (χ2n) is 6.92. The lowest BCUT2D eigenvalue weighted by atomic mass is 10.0. The lowest BCUT2D eigenvalue weighted by molar-refractivity contribution is -0.138. The minimum Gasteiger partial charge on any atom is -0.481 e. The lowest BCUT2D eigenvalue weighted by Gasteiger charge is -2.16. The van der Waals surface area contributed by atoms with Crippen LogP contribution in [0.3, 0.4) is 0 Å². The van der Waals surface area contributed by atoms with E-state index >= 15 is 0 Å². The van der Waals surface area contributed by atoms with Gasteiger partial charge in [0.2, 0.25) is 0 Å². The Kier molecular flexibility index (Phi) is 12.4. The number of ether oxygens (including phenoxy) is 1. The van der Waals surface area contributed by atoms with E-state index in [-0.39, 0.29) is 19.3 Å². The van der Waals surface area contributed by atoms with Gasteiger partial charge in [-0.1, -0.05) is 55.5 Å². The molecule has 0 aromatic carbocycles. The highest BCUT2D eigenvalue weighted by atomic mass is 16.5. The molecule has 0 aliphatic carbocycles. The molecular formula is C22H34O6. The Bertz CT molecular complexity index is 551. The van der Waals surface area contributed by atoms with Crippen LogP contribution in [0.15, 0.2) is 48.6 Å². The number of aliphatic carboxylic acids is 1. The maximum atomic E-state index is 10.6. The van der Waals surface area contributed by atoms with Gasteiger partial charge in [0.25, 0.3) is 0 Å². The van der Waals surface area contributed by atoms with Crippen molar-refractivity contribution in [2.24, 2.45) is 0 Å². The highest BCUT2D eigenvalue weighted by Crippen LogP contribution is 2.26. The normalized spacial score (nSPS) is 25.5. The van der Waals surface area contributed by atoms with Gasteiger partial charge in [-0.2, -0.15) is 0 Å². The molecule has 1 fully saturated rings. The summed E-state index contributed by atoms with van der Waals surface area (Å²) in [6.45, 7) is 2.10. The van der Waals surface area contributed by atoms with Gasteiger partial charge < -0.3 is 25.2 Å². The van der Waals surface area contributed by atoms with Crippen molar-refractivity contribution in [2.75, 3.05) is 0 Å².